The van der Waals surface area contributed by atoms with Gasteiger partial charge in [-0.05, 0) is 38.8 Å². The summed E-state index contributed by atoms with van der Waals surface area (Å²) in [4.78, 5) is 41.0. The van der Waals surface area contributed by atoms with Gasteiger partial charge in [-0.15, -0.1) is 0 Å². The molecule has 6 nitrogen and oxygen atoms in total. The molecular weight excluding hydrogens is 478 g/mol. The highest BCUT2D eigenvalue weighted by molar-refractivity contribution is 8.29. The summed E-state index contributed by atoms with van der Waals surface area (Å²) in [7, 11) is 2.54. The molecule has 2 aliphatic heterocycles. The van der Waals surface area contributed by atoms with Gasteiger partial charge < -0.3 is 14.4 Å². The summed E-state index contributed by atoms with van der Waals surface area (Å²) in [5.41, 5.74) is 2.53. The molecule has 1 aromatic rings. The van der Waals surface area contributed by atoms with Crippen molar-refractivity contribution in [3.05, 3.63) is 43.4 Å². The first-order chi connectivity index (χ1) is 15.5. The molecule has 0 saturated carbocycles. The van der Waals surface area contributed by atoms with Gasteiger partial charge in [0, 0.05) is 17.1 Å². The van der Waals surface area contributed by atoms with Crippen LogP contribution in [0.1, 0.15) is 45.2 Å². The SMILES string of the molecule is CC[C@@H](C)C(=O)N1c2cc(C)ccc2C(=C2SC(C(=O)OC)=C(C(=O)OC)S2)C(=S)C1(C)C. The van der Waals surface area contributed by atoms with E-state index in [1.54, 1.807) is 4.90 Å². The molecule has 1 aromatic carbocycles. The number of nitrogens with zero attached hydrogens (tertiary/aromatic N) is 1. The van der Waals surface area contributed by atoms with E-state index >= 15 is 0 Å². The summed E-state index contributed by atoms with van der Waals surface area (Å²) in [6, 6.07) is 5.90. The van der Waals surface area contributed by atoms with Gasteiger partial charge in [-0.3, -0.25) is 4.79 Å². The van der Waals surface area contributed by atoms with Gasteiger partial charge in [-0.2, -0.15) is 0 Å². The van der Waals surface area contributed by atoms with Crippen LogP contribution in [0.4, 0.5) is 5.69 Å². The second kappa shape index (κ2) is 9.64. The lowest BCUT2D eigenvalue weighted by Crippen LogP contribution is -2.57. The Balaban J connectivity index is 2.25. The van der Waals surface area contributed by atoms with Crippen LogP contribution in [0.2, 0.25) is 0 Å². The number of rotatable bonds is 4. The van der Waals surface area contributed by atoms with E-state index in [0.717, 1.165) is 45.9 Å². The van der Waals surface area contributed by atoms with E-state index in [1.807, 2.05) is 52.8 Å². The smallest absolute Gasteiger partial charge is 0.346 e. The Kier molecular flexibility index (Phi) is 7.45. The quantitative estimate of drug-likeness (QED) is 0.312. The minimum Gasteiger partial charge on any atom is -0.465 e. The predicted octanol–water partition coefficient (Wildman–Crippen LogP) is 5.24. The van der Waals surface area contributed by atoms with Crippen LogP contribution in [0, 0.1) is 12.8 Å². The van der Waals surface area contributed by atoms with Gasteiger partial charge in [0.05, 0.1) is 34.5 Å². The Morgan fingerprint density at radius 3 is 2.12 bits per heavy atom. The number of benzene rings is 1. The molecular formula is C24H27NO5S3. The summed E-state index contributed by atoms with van der Waals surface area (Å²) in [5, 5.41) is 0. The molecule has 0 spiro atoms. The summed E-state index contributed by atoms with van der Waals surface area (Å²) >= 11 is 8.26. The number of hydrogen-bond donors (Lipinski definition) is 0. The zero-order valence-electron chi connectivity index (χ0n) is 19.7. The number of carbonyl (C=O) groups is 3. The molecule has 0 N–H and O–H groups in total. The van der Waals surface area contributed by atoms with E-state index in [4.69, 9.17) is 21.7 Å². The number of anilines is 1. The minimum absolute atomic E-state index is 0.0103. The van der Waals surface area contributed by atoms with Crippen molar-refractivity contribution in [2.24, 2.45) is 5.92 Å². The van der Waals surface area contributed by atoms with Gasteiger partial charge in [0.15, 0.2) is 0 Å². The number of thiocarbonyl (C=S) groups is 1. The highest BCUT2D eigenvalue weighted by Crippen LogP contribution is 2.56. The second-order valence-corrected chi connectivity index (χ2v) is 11.1. The fraction of sp³-hybridized carbons (Fsp3) is 0.417. The number of esters is 2. The molecule has 3 rings (SSSR count). The van der Waals surface area contributed by atoms with Crippen LogP contribution >= 0.6 is 35.7 Å². The molecule has 1 amide bonds. The molecule has 9 heteroatoms. The molecule has 176 valence electrons. The van der Waals surface area contributed by atoms with Crippen molar-refractivity contribution in [1.29, 1.82) is 0 Å². The lowest BCUT2D eigenvalue weighted by molar-refractivity contribution is -0.138. The van der Waals surface area contributed by atoms with Crippen LogP contribution in [-0.2, 0) is 23.9 Å². The zero-order chi connectivity index (χ0) is 24.7. The first-order valence-electron chi connectivity index (χ1n) is 10.5. The van der Waals surface area contributed by atoms with Gasteiger partial charge in [0.2, 0.25) is 5.91 Å². The second-order valence-electron chi connectivity index (χ2n) is 8.40. The van der Waals surface area contributed by atoms with E-state index in [1.165, 1.54) is 14.2 Å². The van der Waals surface area contributed by atoms with Gasteiger partial charge in [-0.25, -0.2) is 9.59 Å². The maximum atomic E-state index is 13.5. The normalized spacial score (nSPS) is 18.3. The van der Waals surface area contributed by atoms with Crippen LogP contribution in [0.25, 0.3) is 5.57 Å². The number of amides is 1. The molecule has 0 unspecified atom stereocenters. The largest absolute Gasteiger partial charge is 0.465 e. The molecule has 2 aliphatic rings. The number of hydrogen-bond acceptors (Lipinski definition) is 8. The van der Waals surface area contributed by atoms with E-state index < -0.39 is 17.5 Å². The van der Waals surface area contributed by atoms with E-state index in [9.17, 15) is 14.4 Å². The number of methoxy groups -OCH3 is 2. The van der Waals surface area contributed by atoms with Crippen LogP contribution in [0.5, 0.6) is 0 Å². The van der Waals surface area contributed by atoms with Crippen molar-refractivity contribution in [1.82, 2.24) is 0 Å². The molecule has 0 aliphatic carbocycles. The van der Waals surface area contributed by atoms with Crippen LogP contribution in [-0.4, -0.2) is 42.5 Å². The van der Waals surface area contributed by atoms with Crippen molar-refractivity contribution < 1.29 is 23.9 Å². The minimum atomic E-state index is -0.792. The lowest BCUT2D eigenvalue weighted by Gasteiger charge is -2.46. The first kappa shape index (κ1) is 25.5. The Bertz CT molecular complexity index is 1090. The third kappa shape index (κ3) is 4.38. The number of thioether (sulfide) groups is 2. The van der Waals surface area contributed by atoms with Crippen molar-refractivity contribution in [3.63, 3.8) is 0 Å². The van der Waals surface area contributed by atoms with Crippen LogP contribution in [0.15, 0.2) is 32.2 Å². The third-order valence-electron chi connectivity index (χ3n) is 5.80. The number of aryl methyl sites for hydroxylation is 1. The third-order valence-corrected chi connectivity index (χ3v) is 9.06. The van der Waals surface area contributed by atoms with Crippen molar-refractivity contribution in [2.45, 2.75) is 46.6 Å². The fourth-order valence-electron chi connectivity index (χ4n) is 3.72. The molecule has 2 heterocycles. The van der Waals surface area contributed by atoms with E-state index in [-0.39, 0.29) is 21.6 Å². The molecule has 0 fully saturated rings. The molecule has 33 heavy (non-hydrogen) atoms. The predicted molar refractivity (Wildman–Crippen MR) is 138 cm³/mol. The molecule has 0 bridgehead atoms. The van der Waals surface area contributed by atoms with Crippen LogP contribution < -0.4 is 4.90 Å². The standard InChI is InChI=1S/C24H27NO5S3/c1-8-13(3)20(26)25-15-11-12(2)9-10-14(15)16(19(31)24(25,4)5)23-32-17(21(27)29-6)18(33-23)22(28)30-7/h9-11,13H,8H2,1-7H3/t13-/m1/s1. The Morgan fingerprint density at radius 1 is 1.09 bits per heavy atom. The monoisotopic (exact) mass is 505 g/mol. The topological polar surface area (TPSA) is 72.9 Å². The molecule has 1 atom stereocenters. The highest BCUT2D eigenvalue weighted by atomic mass is 32.2. The van der Waals surface area contributed by atoms with Crippen molar-refractivity contribution >= 4 is 69.7 Å². The molecule has 0 saturated heterocycles. The van der Waals surface area contributed by atoms with Gasteiger partial charge in [0.25, 0.3) is 0 Å². The molecule has 0 radical (unpaired) electrons. The van der Waals surface area contributed by atoms with E-state index in [2.05, 4.69) is 0 Å². The van der Waals surface area contributed by atoms with Crippen molar-refractivity contribution in [2.75, 3.05) is 19.1 Å². The Hall–Kier alpha value is -2.10. The number of fused-ring (bicyclic) bond motifs is 1. The highest BCUT2D eigenvalue weighted by Gasteiger charge is 2.46. The zero-order valence-corrected chi connectivity index (χ0v) is 22.2. The maximum Gasteiger partial charge on any atom is 0.346 e. The van der Waals surface area contributed by atoms with Crippen LogP contribution in [0.3, 0.4) is 0 Å². The van der Waals surface area contributed by atoms with E-state index in [0.29, 0.717) is 15.5 Å². The van der Waals surface area contributed by atoms with Gasteiger partial charge in [-0.1, -0.05) is 61.7 Å². The summed E-state index contributed by atoms with van der Waals surface area (Å²) in [6.07, 6.45) is 0.716. The summed E-state index contributed by atoms with van der Waals surface area (Å²) < 4.78 is 10.5. The Labute approximate surface area is 208 Å². The Morgan fingerprint density at radius 2 is 1.64 bits per heavy atom. The average molecular weight is 506 g/mol. The number of carbonyl (C=O) groups excluding carboxylic acids is 3. The maximum absolute atomic E-state index is 13.5. The van der Waals surface area contributed by atoms with Crippen molar-refractivity contribution in [3.8, 4) is 0 Å². The first-order valence-corrected chi connectivity index (χ1v) is 12.5. The average Bonchev–Trinajstić information content (AvgIpc) is 3.23. The van der Waals surface area contributed by atoms with Gasteiger partial charge >= 0.3 is 11.9 Å². The summed E-state index contributed by atoms with van der Waals surface area (Å²) in [5.74, 6) is -1.37. The lowest BCUT2D eigenvalue weighted by atomic mass is 9.82. The molecule has 0 aromatic heterocycles. The summed E-state index contributed by atoms with van der Waals surface area (Å²) in [6.45, 7) is 9.75. The number of ether oxygens (including phenoxy) is 2. The van der Waals surface area contributed by atoms with Gasteiger partial charge in [0.1, 0.15) is 9.81 Å². The fourth-order valence-corrected chi connectivity index (χ4v) is 6.75.